The van der Waals surface area contributed by atoms with Gasteiger partial charge in [0.25, 0.3) is 5.91 Å². The number of hydrogen-bond acceptors (Lipinski definition) is 6. The minimum atomic E-state index is -0.811. The van der Waals surface area contributed by atoms with Gasteiger partial charge in [-0.25, -0.2) is 9.69 Å². The quantitative estimate of drug-likeness (QED) is 0.276. The first-order chi connectivity index (χ1) is 16.3. The minimum absolute atomic E-state index is 0.0836. The van der Waals surface area contributed by atoms with E-state index in [2.05, 4.69) is 11.5 Å². The van der Waals surface area contributed by atoms with Crippen LogP contribution in [0.3, 0.4) is 0 Å². The van der Waals surface area contributed by atoms with Crippen molar-refractivity contribution >= 4 is 17.8 Å². The number of aliphatic imine (C=N–C) groups is 1. The van der Waals surface area contributed by atoms with Crippen molar-refractivity contribution in [2.75, 3.05) is 13.2 Å². The predicted molar refractivity (Wildman–Crippen MR) is 129 cm³/mol. The molecular formula is C26H36N4O4. The maximum Gasteiger partial charge on any atom is 0.412 e. The van der Waals surface area contributed by atoms with Crippen molar-refractivity contribution in [2.24, 2.45) is 10.4 Å². The van der Waals surface area contributed by atoms with E-state index in [1.807, 2.05) is 51.1 Å². The van der Waals surface area contributed by atoms with Gasteiger partial charge in [0.15, 0.2) is 6.19 Å². The molecule has 0 aromatic heterocycles. The SMILES string of the molecule is CC(C)(C)CC(N=C(NC(=O)OCC1CCCO1)c1ccccc1)C(=O)N(C#N)C1CCCC1. The number of amides is 2. The van der Waals surface area contributed by atoms with Crippen LogP contribution in [0, 0.1) is 16.9 Å². The van der Waals surface area contributed by atoms with Crippen molar-refractivity contribution in [2.45, 2.75) is 83.9 Å². The van der Waals surface area contributed by atoms with E-state index in [-0.39, 0.29) is 35.9 Å². The smallest absolute Gasteiger partial charge is 0.412 e. The van der Waals surface area contributed by atoms with E-state index in [4.69, 9.17) is 14.5 Å². The van der Waals surface area contributed by atoms with Crippen LogP contribution in [0.5, 0.6) is 0 Å². The van der Waals surface area contributed by atoms with Gasteiger partial charge < -0.3 is 9.47 Å². The monoisotopic (exact) mass is 468 g/mol. The Morgan fingerprint density at radius 1 is 1.21 bits per heavy atom. The number of carbonyl (C=O) groups is 2. The van der Waals surface area contributed by atoms with E-state index in [1.165, 1.54) is 4.90 Å². The Morgan fingerprint density at radius 3 is 2.50 bits per heavy atom. The van der Waals surface area contributed by atoms with Crippen LogP contribution in [0.4, 0.5) is 4.79 Å². The fourth-order valence-corrected chi connectivity index (χ4v) is 4.41. The fourth-order valence-electron chi connectivity index (χ4n) is 4.41. The Balaban J connectivity index is 1.85. The molecule has 0 spiro atoms. The van der Waals surface area contributed by atoms with E-state index in [1.54, 1.807) is 0 Å². The molecule has 2 atom stereocenters. The maximum absolute atomic E-state index is 13.5. The zero-order valence-corrected chi connectivity index (χ0v) is 20.5. The summed E-state index contributed by atoms with van der Waals surface area (Å²) in [7, 11) is 0. The van der Waals surface area contributed by atoms with Crippen LogP contribution >= 0.6 is 0 Å². The lowest BCUT2D eigenvalue weighted by atomic mass is 9.87. The number of carbonyl (C=O) groups excluding carboxylic acids is 2. The number of nitrogens with zero attached hydrogens (tertiary/aromatic N) is 3. The van der Waals surface area contributed by atoms with Crippen molar-refractivity contribution < 1.29 is 19.1 Å². The zero-order valence-electron chi connectivity index (χ0n) is 20.5. The van der Waals surface area contributed by atoms with E-state index in [0.29, 0.717) is 18.6 Å². The number of amidine groups is 1. The predicted octanol–water partition coefficient (Wildman–Crippen LogP) is 4.40. The molecule has 1 heterocycles. The molecule has 1 aliphatic heterocycles. The number of rotatable bonds is 7. The van der Waals surface area contributed by atoms with Gasteiger partial charge in [-0.1, -0.05) is 63.9 Å². The first-order valence-corrected chi connectivity index (χ1v) is 12.2. The first-order valence-electron chi connectivity index (χ1n) is 12.2. The minimum Gasteiger partial charge on any atom is -0.447 e. The zero-order chi connectivity index (χ0) is 24.6. The van der Waals surface area contributed by atoms with Gasteiger partial charge in [0.1, 0.15) is 18.5 Å². The van der Waals surface area contributed by atoms with Gasteiger partial charge in [-0.3, -0.25) is 15.1 Å². The number of benzene rings is 1. The van der Waals surface area contributed by atoms with Crippen molar-refractivity contribution in [3.63, 3.8) is 0 Å². The van der Waals surface area contributed by atoms with Gasteiger partial charge in [-0.2, -0.15) is 5.26 Å². The molecule has 34 heavy (non-hydrogen) atoms. The lowest BCUT2D eigenvalue weighted by Gasteiger charge is -2.28. The average Bonchev–Trinajstić information content (AvgIpc) is 3.51. The molecule has 1 aliphatic carbocycles. The second-order valence-electron chi connectivity index (χ2n) is 10.2. The summed E-state index contributed by atoms with van der Waals surface area (Å²) in [5.74, 6) is -0.0721. The molecule has 0 bridgehead atoms. The molecule has 1 saturated carbocycles. The molecule has 1 aromatic carbocycles. The van der Waals surface area contributed by atoms with E-state index < -0.39 is 12.1 Å². The van der Waals surface area contributed by atoms with Crippen LogP contribution in [0.25, 0.3) is 0 Å². The third-order valence-electron chi connectivity index (χ3n) is 6.10. The maximum atomic E-state index is 13.5. The van der Waals surface area contributed by atoms with Crippen LogP contribution in [0.2, 0.25) is 0 Å². The third-order valence-corrected chi connectivity index (χ3v) is 6.10. The number of hydrogen-bond donors (Lipinski definition) is 1. The van der Waals surface area contributed by atoms with Gasteiger partial charge in [-0.15, -0.1) is 0 Å². The second-order valence-corrected chi connectivity index (χ2v) is 10.2. The summed E-state index contributed by atoms with van der Waals surface area (Å²) in [4.78, 5) is 32.1. The van der Waals surface area contributed by atoms with Gasteiger partial charge in [0.05, 0.1) is 6.10 Å². The van der Waals surface area contributed by atoms with Crippen molar-refractivity contribution in [1.82, 2.24) is 10.2 Å². The third kappa shape index (κ3) is 7.56. The van der Waals surface area contributed by atoms with Crippen LogP contribution < -0.4 is 5.32 Å². The van der Waals surface area contributed by atoms with Gasteiger partial charge >= 0.3 is 6.09 Å². The van der Waals surface area contributed by atoms with Gasteiger partial charge in [0.2, 0.25) is 0 Å². The highest BCUT2D eigenvalue weighted by atomic mass is 16.6. The highest BCUT2D eigenvalue weighted by molar-refractivity contribution is 6.07. The summed E-state index contributed by atoms with van der Waals surface area (Å²) in [6.07, 6.45) is 7.29. The van der Waals surface area contributed by atoms with Crippen LogP contribution in [-0.4, -0.2) is 54.1 Å². The summed E-state index contributed by atoms with van der Waals surface area (Å²) in [5.41, 5.74) is 0.440. The topological polar surface area (TPSA) is 104 Å². The van der Waals surface area contributed by atoms with Gasteiger partial charge in [0, 0.05) is 18.2 Å². The second kappa shape index (κ2) is 12.0. The lowest BCUT2D eigenvalue weighted by Crippen LogP contribution is -2.43. The standard InChI is InChI=1S/C26H36N4O4/c1-26(2,3)16-22(24(31)30(18-27)20-12-7-8-13-20)28-23(19-10-5-4-6-11-19)29-25(32)34-17-21-14-9-15-33-21/h4-6,10-11,20-22H,7-9,12-17H2,1-3H3,(H,28,29,32). The summed E-state index contributed by atoms with van der Waals surface area (Å²) in [5, 5.41) is 12.5. The lowest BCUT2D eigenvalue weighted by molar-refractivity contribution is -0.131. The Hall–Kier alpha value is -2.92. The number of nitriles is 1. The Bertz CT molecular complexity index is 892. The highest BCUT2D eigenvalue weighted by Crippen LogP contribution is 2.28. The fraction of sp³-hybridized carbons (Fsp3) is 0.615. The summed E-state index contributed by atoms with van der Waals surface area (Å²) in [6.45, 7) is 6.93. The molecule has 2 fully saturated rings. The molecule has 184 valence electrons. The number of nitrogens with one attached hydrogen (secondary N) is 1. The van der Waals surface area contributed by atoms with Gasteiger partial charge in [-0.05, 0) is 37.5 Å². The molecule has 2 unspecified atom stereocenters. The summed E-state index contributed by atoms with van der Waals surface area (Å²) >= 11 is 0. The molecule has 8 nitrogen and oxygen atoms in total. The van der Waals surface area contributed by atoms with Crippen molar-refractivity contribution in [1.29, 1.82) is 5.26 Å². The summed E-state index contributed by atoms with van der Waals surface area (Å²) in [6, 6.07) is 8.28. The van der Waals surface area contributed by atoms with Crippen LogP contribution in [0.15, 0.2) is 35.3 Å². The largest absolute Gasteiger partial charge is 0.447 e. The van der Waals surface area contributed by atoms with E-state index in [0.717, 1.165) is 38.5 Å². The molecule has 3 rings (SSSR count). The molecule has 1 saturated heterocycles. The van der Waals surface area contributed by atoms with E-state index in [9.17, 15) is 14.9 Å². The van der Waals surface area contributed by atoms with Crippen molar-refractivity contribution in [3.05, 3.63) is 35.9 Å². The molecule has 2 amide bonds. The molecule has 1 N–H and O–H groups in total. The molecule has 8 heteroatoms. The van der Waals surface area contributed by atoms with Crippen LogP contribution in [0.1, 0.15) is 71.3 Å². The Morgan fingerprint density at radius 2 is 1.91 bits per heavy atom. The average molecular weight is 469 g/mol. The molecular weight excluding hydrogens is 432 g/mol. The van der Waals surface area contributed by atoms with E-state index >= 15 is 0 Å². The Labute approximate surface area is 202 Å². The number of alkyl carbamates (subject to hydrolysis) is 1. The first kappa shape index (κ1) is 25.7. The number of ether oxygens (including phenoxy) is 2. The van der Waals surface area contributed by atoms with Crippen LogP contribution in [-0.2, 0) is 14.3 Å². The molecule has 0 radical (unpaired) electrons. The van der Waals surface area contributed by atoms with Crippen molar-refractivity contribution in [3.8, 4) is 6.19 Å². The molecule has 2 aliphatic rings. The highest BCUT2D eigenvalue weighted by Gasteiger charge is 2.34. The molecule has 1 aromatic rings. The summed E-state index contributed by atoms with van der Waals surface area (Å²) < 4.78 is 10.9. The Kier molecular flexibility index (Phi) is 9.05. The normalized spacial score (nSPS) is 19.9.